The van der Waals surface area contributed by atoms with Crippen molar-refractivity contribution in [3.05, 3.63) is 114 Å². The number of hydrogen-bond acceptors (Lipinski definition) is 30. The van der Waals surface area contributed by atoms with Gasteiger partial charge in [-0.05, 0) is 94.0 Å². The Bertz CT molecular complexity index is 5870. The minimum atomic E-state index is -5.53. The third-order valence-electron chi connectivity index (χ3n) is 12.9. The third kappa shape index (κ3) is 14.3. The summed E-state index contributed by atoms with van der Waals surface area (Å²) < 4.78 is 247. The first-order valence-corrected chi connectivity index (χ1v) is 35.7. The second kappa shape index (κ2) is 24.6. The summed E-state index contributed by atoms with van der Waals surface area (Å²) in [6.45, 7) is -0.429. The van der Waals surface area contributed by atoms with Crippen molar-refractivity contribution < 1.29 is 101 Å². The van der Waals surface area contributed by atoms with Gasteiger partial charge in [-0.15, -0.1) is 20.5 Å². The Labute approximate surface area is 536 Å². The maximum absolute atomic E-state index is 12.8. The van der Waals surface area contributed by atoms with Gasteiger partial charge in [0.1, 0.15) is 47.2 Å². The highest BCUT2D eigenvalue weighted by Crippen LogP contribution is 2.49. The number of rotatable bonds is 20. The number of nitrogens with one attached hydrogen (secondary N) is 4. The molecule has 0 aliphatic rings. The van der Waals surface area contributed by atoms with E-state index in [4.69, 9.17) is 23.2 Å². The van der Waals surface area contributed by atoms with E-state index in [1.807, 2.05) is 0 Å². The van der Waals surface area contributed by atoms with E-state index in [0.29, 0.717) is 35.7 Å². The second-order valence-electron chi connectivity index (χ2n) is 19.0. The molecule has 0 saturated heterocycles. The SMILES string of the molecule is O=S(=O)(O)c1cc(Nc2nc(Cl)nc(NCCNc3nc(Cl)nc(Nc4cc(S(=O)(=O)O)cc5cc(S(=O)(=O)O)c(N=Nc6ccc7c(S(=O)(=O)O)cccc7c6S(=O)(=O)O)c(O)c45)n3)n2)c2c(O)c(N=Nc3ccc4ccccc4c3S(=O)(=O)O)c(S(=O)(=O)O)cc2c1. The zero-order valence-corrected chi connectivity index (χ0v) is 52.8. The van der Waals surface area contributed by atoms with Gasteiger partial charge in [0, 0.05) is 40.0 Å². The summed E-state index contributed by atoms with van der Waals surface area (Å²) in [4.78, 5) is 16.8. The van der Waals surface area contributed by atoms with Crippen molar-refractivity contribution in [1.82, 2.24) is 29.9 Å². The molecule has 94 heavy (non-hydrogen) atoms. The second-order valence-corrected chi connectivity index (χ2v) is 29.4. The lowest BCUT2D eigenvalue weighted by atomic mass is 10.1. The van der Waals surface area contributed by atoms with Crippen LogP contribution < -0.4 is 21.3 Å². The molecule has 8 aromatic carbocycles. The lowest BCUT2D eigenvalue weighted by Gasteiger charge is -2.15. The first-order chi connectivity index (χ1) is 43.6. The highest BCUT2D eigenvalue weighted by atomic mass is 35.5. The fourth-order valence-corrected chi connectivity index (χ4v) is 14.3. The molecule has 490 valence electrons. The number of hydrogen-bond donors (Lipinski definition) is 13. The Morgan fingerprint density at radius 1 is 0.372 bits per heavy atom. The van der Waals surface area contributed by atoms with Crippen LogP contribution in [0.2, 0.25) is 10.6 Å². The molecule has 0 saturated carbocycles. The van der Waals surface area contributed by atoms with Crippen LogP contribution in [0.5, 0.6) is 11.5 Å². The fourth-order valence-electron chi connectivity index (χ4n) is 9.21. The van der Waals surface area contributed by atoms with Crippen LogP contribution >= 0.6 is 23.2 Å². The molecule has 37 nitrogen and oxygen atoms in total. The van der Waals surface area contributed by atoms with Crippen LogP contribution in [0.4, 0.5) is 57.9 Å². The molecule has 0 unspecified atom stereocenters. The topological polar surface area (TPSA) is 596 Å². The molecular weight excluding hydrogens is 1440 g/mol. The highest BCUT2D eigenvalue weighted by molar-refractivity contribution is 7.87. The summed E-state index contributed by atoms with van der Waals surface area (Å²) >= 11 is 12.5. The van der Waals surface area contributed by atoms with E-state index in [2.05, 4.69) is 71.6 Å². The first-order valence-electron chi connectivity index (χ1n) is 24.9. The molecule has 0 aliphatic heterocycles. The van der Waals surface area contributed by atoms with Crippen molar-refractivity contribution in [3.63, 3.8) is 0 Å². The molecule has 0 amide bonds. The van der Waals surface area contributed by atoms with Gasteiger partial charge in [-0.1, -0.05) is 48.5 Å². The quantitative estimate of drug-likeness (QED) is 0.0195. The van der Waals surface area contributed by atoms with Gasteiger partial charge in [0.25, 0.3) is 70.8 Å². The molecule has 10 rings (SSSR count). The zero-order chi connectivity index (χ0) is 68.6. The summed E-state index contributed by atoms with van der Waals surface area (Å²) in [5, 5.41) is 44.9. The molecule has 0 fully saturated rings. The summed E-state index contributed by atoms with van der Waals surface area (Å²) in [7, 11) is -36.9. The molecule has 13 N–H and O–H groups in total. The van der Waals surface area contributed by atoms with Crippen LogP contribution in [0.25, 0.3) is 43.1 Å². The number of benzene rings is 8. The van der Waals surface area contributed by atoms with E-state index in [1.54, 1.807) is 6.07 Å². The van der Waals surface area contributed by atoms with Crippen molar-refractivity contribution >= 4 is 195 Å². The van der Waals surface area contributed by atoms with Gasteiger partial charge >= 0.3 is 0 Å². The molecule has 0 spiro atoms. The number of aromatic nitrogens is 6. The molecule has 0 radical (unpaired) electrons. The first kappa shape index (κ1) is 67.7. The number of phenols is 2. The van der Waals surface area contributed by atoms with Gasteiger partial charge < -0.3 is 31.5 Å². The van der Waals surface area contributed by atoms with Crippen molar-refractivity contribution in [3.8, 4) is 11.5 Å². The van der Waals surface area contributed by atoms with E-state index < -0.39 is 205 Å². The third-order valence-corrected chi connectivity index (χ3v) is 19.5. The van der Waals surface area contributed by atoms with Crippen LogP contribution in [0.15, 0.2) is 158 Å². The van der Waals surface area contributed by atoms with Crippen LogP contribution in [0.3, 0.4) is 0 Å². The van der Waals surface area contributed by atoms with Crippen molar-refractivity contribution in [2.45, 2.75) is 34.3 Å². The predicted molar refractivity (Wildman–Crippen MR) is 329 cm³/mol. The monoisotopic (exact) mass is 1470 g/mol. The number of halogens is 2. The van der Waals surface area contributed by atoms with E-state index >= 15 is 0 Å². The van der Waals surface area contributed by atoms with Gasteiger partial charge in [0.2, 0.25) is 34.4 Å². The Kier molecular flexibility index (Phi) is 17.7. The molecule has 2 aromatic heterocycles. The Hall–Kier alpha value is -9.23. The molecule has 10 aromatic rings. The Balaban J connectivity index is 0.945. The number of phenolic OH excluding ortho intramolecular Hbond substituents is 2. The minimum absolute atomic E-state index is 0.0469. The zero-order valence-electron chi connectivity index (χ0n) is 45.6. The Morgan fingerprint density at radius 2 is 0.777 bits per heavy atom. The number of azo groups is 2. The average Bonchev–Trinajstić information content (AvgIpc) is 0.753. The molecule has 0 atom stereocenters. The van der Waals surface area contributed by atoms with Gasteiger partial charge in [-0.3, -0.25) is 31.9 Å². The number of nitrogens with zero attached hydrogens (tertiary/aromatic N) is 10. The smallest absolute Gasteiger partial charge is 0.297 e. The molecule has 2 heterocycles. The Morgan fingerprint density at radius 3 is 1.20 bits per heavy atom. The van der Waals surface area contributed by atoms with Gasteiger partial charge in [-0.2, -0.15) is 88.8 Å². The normalized spacial score (nSPS) is 13.0. The molecule has 46 heteroatoms. The maximum Gasteiger partial charge on any atom is 0.297 e. The van der Waals surface area contributed by atoms with Gasteiger partial charge in [0.05, 0.1) is 21.2 Å². The van der Waals surface area contributed by atoms with Gasteiger partial charge in [0.15, 0.2) is 11.5 Å². The number of fused-ring (bicyclic) bond motifs is 4. The lowest BCUT2D eigenvalue weighted by Crippen LogP contribution is -2.17. The van der Waals surface area contributed by atoms with Crippen LogP contribution in [-0.4, -0.2) is 144 Å². The van der Waals surface area contributed by atoms with Crippen molar-refractivity contribution in [2.24, 2.45) is 20.5 Å². The van der Waals surface area contributed by atoms with Gasteiger partial charge in [-0.25, -0.2) is 0 Å². The van der Waals surface area contributed by atoms with E-state index in [0.717, 1.165) is 42.5 Å². The lowest BCUT2D eigenvalue weighted by molar-refractivity contribution is 0.471. The number of anilines is 6. The molecule has 0 bridgehead atoms. The van der Waals surface area contributed by atoms with E-state index in [1.165, 1.54) is 24.3 Å². The van der Waals surface area contributed by atoms with Crippen molar-refractivity contribution in [2.75, 3.05) is 34.4 Å². The summed E-state index contributed by atoms with van der Waals surface area (Å²) in [6, 6.07) is 16.7. The summed E-state index contributed by atoms with van der Waals surface area (Å²) in [6.07, 6.45) is 0. The molecular formula is C48H34Cl2N14O23S7. The van der Waals surface area contributed by atoms with Crippen molar-refractivity contribution in [1.29, 1.82) is 0 Å². The largest absolute Gasteiger partial charge is 0.505 e. The molecule has 0 aliphatic carbocycles. The fraction of sp³-hybridized carbons (Fsp3) is 0.0417. The summed E-state index contributed by atoms with van der Waals surface area (Å²) in [5.41, 5.74) is -4.78. The highest BCUT2D eigenvalue weighted by Gasteiger charge is 2.30. The predicted octanol–water partition coefficient (Wildman–Crippen LogP) is 7.96. The maximum atomic E-state index is 12.8. The minimum Gasteiger partial charge on any atom is -0.505 e. The van der Waals surface area contributed by atoms with E-state index in [-0.39, 0.29) is 30.4 Å². The summed E-state index contributed by atoms with van der Waals surface area (Å²) in [5.74, 6) is -4.27. The standard InChI is InChI=1S/C48H34Cl2N14O23S7/c49-43-55-45(59-47(57-43)53-30-18-23(88(67,68)69)14-21-16-33(91(76,77)78)37(39(65)35(21)30)63-61-28-10-8-20-4-1-2-5-25(20)41(28)93(82,83)84)51-12-13-52-46-56-44(50)58-48(60-46)54-31-19-24(89(70,71)72)15-22-17-34(92(79,80)81)38(40(66)36(22)31)64-62-29-11-9-26-27(42(29)94(85,86)87)6-3-7-32(26)90(73,74)75/h1-11,14-19,65-66H,12-13H2,(H,67,68,69)(H,70,71,72)(H,73,74,75)(H,76,77,78)(H,79,80,81)(H,82,83,84)(H,85,86,87)(H2,51,53,55,57,59)(H2,52,54,56,58,60). The van der Waals surface area contributed by atoms with E-state index in [9.17, 15) is 101 Å². The average molecular weight is 1470 g/mol. The van der Waals surface area contributed by atoms with Crippen LogP contribution in [0.1, 0.15) is 0 Å². The number of aromatic hydroxyl groups is 2. The van der Waals surface area contributed by atoms with Crippen LogP contribution in [-0.2, 0) is 70.8 Å². The van der Waals surface area contributed by atoms with Crippen LogP contribution in [0, 0.1) is 0 Å².